The highest BCUT2D eigenvalue weighted by Gasteiger charge is 2.34. The van der Waals surface area contributed by atoms with Crippen LogP contribution in [0.15, 0.2) is 23.1 Å². The van der Waals surface area contributed by atoms with Gasteiger partial charge in [0.05, 0.1) is 16.2 Å². The molecule has 0 bridgehead atoms. The Labute approximate surface area is 160 Å². The molecule has 0 N–H and O–H groups in total. The van der Waals surface area contributed by atoms with Crippen LogP contribution in [0.1, 0.15) is 43.1 Å². The molecule has 1 saturated heterocycles. The van der Waals surface area contributed by atoms with Crippen LogP contribution in [0.4, 0.5) is 4.39 Å². The molecule has 26 heavy (non-hydrogen) atoms. The second kappa shape index (κ2) is 7.64. The number of esters is 1. The molecule has 0 atom stereocenters. The standard InChI is InChI=1S/C19H22FNO3S2/c1-4-21-11-13(18(23)24-5-2)17(22)12-9-15(20)14(10-16(12)21)19(3)25-7-6-8-26-19/h9-11H,4-8H2,1-3H3. The average Bonchev–Trinajstić information content (AvgIpc) is 2.62. The summed E-state index contributed by atoms with van der Waals surface area (Å²) >= 11 is 3.47. The third kappa shape index (κ3) is 3.39. The van der Waals surface area contributed by atoms with Crippen LogP contribution in [0.2, 0.25) is 0 Å². The highest BCUT2D eigenvalue weighted by molar-refractivity contribution is 8.18. The summed E-state index contributed by atoms with van der Waals surface area (Å²) in [6, 6.07) is 3.05. The Hall–Kier alpha value is -1.47. The molecule has 0 radical (unpaired) electrons. The van der Waals surface area contributed by atoms with E-state index in [9.17, 15) is 14.0 Å². The largest absolute Gasteiger partial charge is 0.462 e. The Morgan fingerprint density at radius 3 is 2.62 bits per heavy atom. The van der Waals surface area contributed by atoms with E-state index in [-0.39, 0.29) is 21.6 Å². The van der Waals surface area contributed by atoms with Gasteiger partial charge in [0.2, 0.25) is 5.43 Å². The van der Waals surface area contributed by atoms with Crippen molar-refractivity contribution in [3.63, 3.8) is 0 Å². The third-order valence-corrected chi connectivity index (χ3v) is 7.77. The molecule has 0 saturated carbocycles. The molecule has 2 aromatic rings. The van der Waals surface area contributed by atoms with E-state index in [1.165, 1.54) is 12.3 Å². The molecule has 0 aliphatic carbocycles. The van der Waals surface area contributed by atoms with Crippen molar-refractivity contribution in [2.75, 3.05) is 18.1 Å². The van der Waals surface area contributed by atoms with E-state index in [0.29, 0.717) is 17.6 Å². The van der Waals surface area contributed by atoms with Crippen molar-refractivity contribution < 1.29 is 13.9 Å². The quantitative estimate of drug-likeness (QED) is 0.719. The Morgan fingerprint density at radius 1 is 1.31 bits per heavy atom. The second-order valence-corrected chi connectivity index (χ2v) is 9.51. The fourth-order valence-electron chi connectivity index (χ4n) is 3.16. The Morgan fingerprint density at radius 2 is 2.00 bits per heavy atom. The summed E-state index contributed by atoms with van der Waals surface area (Å²) in [5, 5.41) is 0.216. The van der Waals surface area contributed by atoms with E-state index >= 15 is 0 Å². The molecule has 0 amide bonds. The smallest absolute Gasteiger partial charge is 0.343 e. The first-order chi connectivity index (χ1) is 12.4. The minimum absolute atomic E-state index is 0.0546. The van der Waals surface area contributed by atoms with Crippen molar-refractivity contribution in [1.82, 2.24) is 4.57 Å². The van der Waals surface area contributed by atoms with Gasteiger partial charge in [-0.15, -0.1) is 23.5 Å². The fourth-order valence-corrected chi connectivity index (χ4v) is 6.16. The maximum Gasteiger partial charge on any atom is 0.343 e. The minimum atomic E-state index is -0.670. The number of fused-ring (bicyclic) bond motifs is 1. The number of carbonyl (C=O) groups is 1. The van der Waals surface area contributed by atoms with Crippen molar-refractivity contribution in [1.29, 1.82) is 0 Å². The van der Waals surface area contributed by atoms with Crippen molar-refractivity contribution in [3.8, 4) is 0 Å². The lowest BCUT2D eigenvalue weighted by molar-refractivity contribution is 0.0524. The van der Waals surface area contributed by atoms with Gasteiger partial charge in [0.25, 0.3) is 0 Å². The van der Waals surface area contributed by atoms with Gasteiger partial charge in [-0.2, -0.15) is 0 Å². The number of rotatable bonds is 4. The zero-order valence-corrected chi connectivity index (χ0v) is 16.8. The summed E-state index contributed by atoms with van der Waals surface area (Å²) in [4.78, 5) is 24.8. The van der Waals surface area contributed by atoms with Gasteiger partial charge in [0, 0.05) is 23.7 Å². The zero-order chi connectivity index (χ0) is 18.9. The van der Waals surface area contributed by atoms with Gasteiger partial charge in [0.15, 0.2) is 0 Å². The highest BCUT2D eigenvalue weighted by Crippen LogP contribution is 2.50. The molecule has 1 aromatic heterocycles. The molecule has 4 nitrogen and oxygen atoms in total. The number of halogens is 1. The molecule has 140 valence electrons. The van der Waals surface area contributed by atoms with Gasteiger partial charge in [-0.05, 0) is 50.8 Å². The second-order valence-electron chi connectivity index (χ2n) is 6.22. The Balaban J connectivity index is 2.23. The summed E-state index contributed by atoms with van der Waals surface area (Å²) < 4.78 is 21.4. The summed E-state index contributed by atoms with van der Waals surface area (Å²) in [7, 11) is 0. The lowest BCUT2D eigenvalue weighted by atomic mass is 10.1. The van der Waals surface area contributed by atoms with E-state index < -0.39 is 17.2 Å². The van der Waals surface area contributed by atoms with E-state index in [1.807, 2.05) is 18.4 Å². The highest BCUT2D eigenvalue weighted by atomic mass is 32.2. The van der Waals surface area contributed by atoms with E-state index in [4.69, 9.17) is 4.74 Å². The summed E-state index contributed by atoms with van der Waals surface area (Å²) in [6.45, 7) is 6.39. The first-order valence-electron chi connectivity index (χ1n) is 8.73. The normalized spacial score (nSPS) is 16.6. The monoisotopic (exact) mass is 395 g/mol. The Bertz CT molecular complexity index is 904. The zero-order valence-electron chi connectivity index (χ0n) is 15.1. The summed E-state index contributed by atoms with van der Waals surface area (Å²) in [6.07, 6.45) is 2.64. The number of aromatic nitrogens is 1. The van der Waals surface area contributed by atoms with Gasteiger partial charge in [-0.25, -0.2) is 9.18 Å². The molecular formula is C19H22FNO3S2. The number of hydrogen-bond donors (Lipinski definition) is 0. The predicted octanol–water partition coefficient (Wildman–Crippen LogP) is 4.38. The molecule has 0 spiro atoms. The number of carbonyl (C=O) groups excluding carboxylic acids is 1. The first-order valence-corrected chi connectivity index (χ1v) is 10.7. The molecule has 1 fully saturated rings. The van der Waals surface area contributed by atoms with Crippen molar-refractivity contribution in [3.05, 3.63) is 45.5 Å². The van der Waals surface area contributed by atoms with Crippen LogP contribution in [-0.4, -0.2) is 28.6 Å². The van der Waals surface area contributed by atoms with Gasteiger partial charge in [0.1, 0.15) is 11.4 Å². The molecule has 0 unspecified atom stereocenters. The molecule has 1 aliphatic rings. The van der Waals surface area contributed by atoms with E-state index in [2.05, 4.69) is 0 Å². The molecular weight excluding hydrogens is 373 g/mol. The van der Waals surface area contributed by atoms with E-state index in [1.54, 1.807) is 36.5 Å². The molecule has 3 rings (SSSR count). The molecule has 1 aliphatic heterocycles. The van der Waals surface area contributed by atoms with Crippen LogP contribution in [0, 0.1) is 5.82 Å². The Kier molecular flexibility index (Phi) is 5.67. The maximum absolute atomic E-state index is 15.0. The fraction of sp³-hybridized carbons (Fsp3) is 0.474. The average molecular weight is 396 g/mol. The lowest BCUT2D eigenvalue weighted by Gasteiger charge is -2.33. The van der Waals surface area contributed by atoms with Crippen LogP contribution in [-0.2, 0) is 15.4 Å². The number of hydrogen-bond acceptors (Lipinski definition) is 5. The van der Waals surface area contributed by atoms with Crippen LogP contribution < -0.4 is 5.43 Å². The van der Waals surface area contributed by atoms with Gasteiger partial charge < -0.3 is 9.30 Å². The number of ether oxygens (including phenoxy) is 1. The predicted molar refractivity (Wildman–Crippen MR) is 107 cm³/mol. The third-order valence-electron chi connectivity index (χ3n) is 4.54. The number of aryl methyl sites for hydroxylation is 1. The van der Waals surface area contributed by atoms with E-state index in [0.717, 1.165) is 17.9 Å². The van der Waals surface area contributed by atoms with Gasteiger partial charge >= 0.3 is 5.97 Å². The first kappa shape index (κ1) is 19.3. The summed E-state index contributed by atoms with van der Waals surface area (Å²) in [5.41, 5.74) is 0.712. The van der Waals surface area contributed by atoms with Crippen molar-refractivity contribution >= 4 is 40.4 Å². The van der Waals surface area contributed by atoms with Crippen LogP contribution in [0.3, 0.4) is 0 Å². The van der Waals surface area contributed by atoms with Crippen molar-refractivity contribution in [2.24, 2.45) is 0 Å². The van der Waals surface area contributed by atoms with Gasteiger partial charge in [-0.3, -0.25) is 4.79 Å². The molecule has 2 heterocycles. The number of pyridine rings is 1. The lowest BCUT2D eigenvalue weighted by Crippen LogP contribution is -2.23. The number of nitrogens with zero attached hydrogens (tertiary/aromatic N) is 1. The number of thioether (sulfide) groups is 2. The number of benzene rings is 1. The molecule has 7 heteroatoms. The minimum Gasteiger partial charge on any atom is -0.462 e. The maximum atomic E-state index is 15.0. The molecule has 1 aromatic carbocycles. The van der Waals surface area contributed by atoms with Crippen LogP contribution >= 0.6 is 23.5 Å². The topological polar surface area (TPSA) is 48.3 Å². The summed E-state index contributed by atoms with van der Waals surface area (Å²) in [5.74, 6) is 0.909. The van der Waals surface area contributed by atoms with Crippen LogP contribution in [0.5, 0.6) is 0 Å². The SMILES string of the molecule is CCOC(=O)c1cn(CC)c2cc(C3(C)SCCCS3)c(F)cc2c1=O. The van der Waals surface area contributed by atoms with Gasteiger partial charge in [-0.1, -0.05) is 0 Å². The van der Waals surface area contributed by atoms with Crippen LogP contribution in [0.25, 0.3) is 10.9 Å². The van der Waals surface area contributed by atoms with Crippen molar-refractivity contribution in [2.45, 2.75) is 37.8 Å².